The van der Waals surface area contributed by atoms with Gasteiger partial charge in [0.05, 0.1) is 41.0 Å². The molecule has 0 radical (unpaired) electrons. The van der Waals surface area contributed by atoms with E-state index in [0.717, 1.165) is 62.0 Å². The van der Waals surface area contributed by atoms with E-state index < -0.39 is 11.5 Å². The maximum absolute atomic E-state index is 14.2. The Morgan fingerprint density at radius 1 is 0.855 bits per heavy atom. The van der Waals surface area contributed by atoms with Crippen LogP contribution in [0.15, 0.2) is 82.2 Å². The molecule has 3 aromatic rings. The van der Waals surface area contributed by atoms with Crippen molar-refractivity contribution in [1.29, 1.82) is 0 Å². The van der Waals surface area contributed by atoms with E-state index in [1.165, 1.54) is 0 Å². The number of benzene rings is 3. The molecule has 2 atom stereocenters. The summed E-state index contributed by atoms with van der Waals surface area (Å²) in [5.74, 6) is -0.479. The summed E-state index contributed by atoms with van der Waals surface area (Å²) in [6.07, 6.45) is 4.64. The molecular weight excluding hydrogens is 743 g/mol. The maximum atomic E-state index is 14.2. The van der Waals surface area contributed by atoms with Crippen molar-refractivity contribution in [3.63, 3.8) is 0 Å². The lowest BCUT2D eigenvalue weighted by atomic mass is 9.76. The van der Waals surface area contributed by atoms with E-state index in [-0.39, 0.29) is 29.9 Å². The van der Waals surface area contributed by atoms with Gasteiger partial charge in [-0.2, -0.15) is 5.11 Å². The molecule has 3 saturated heterocycles. The fourth-order valence-electron chi connectivity index (χ4n) is 8.42. The van der Waals surface area contributed by atoms with Crippen molar-refractivity contribution in [3.8, 4) is 5.75 Å². The van der Waals surface area contributed by atoms with Gasteiger partial charge in [0.15, 0.2) is 0 Å². The van der Waals surface area contributed by atoms with Crippen LogP contribution in [0.3, 0.4) is 0 Å². The third kappa shape index (κ3) is 8.50. The van der Waals surface area contributed by atoms with Crippen molar-refractivity contribution in [1.82, 2.24) is 24.9 Å². The average Bonchev–Trinajstić information content (AvgIpc) is 3.91. The topological polar surface area (TPSA) is 143 Å². The number of methoxy groups -OCH3 is 1. The van der Waals surface area contributed by atoms with Crippen molar-refractivity contribution in [2.45, 2.75) is 42.7 Å². The van der Waals surface area contributed by atoms with E-state index in [1.807, 2.05) is 58.3 Å². The number of amides is 3. The fourth-order valence-corrected chi connectivity index (χ4v) is 8.72. The Morgan fingerprint density at radius 3 is 2.29 bits per heavy atom. The molecule has 0 spiro atoms. The predicted octanol–water partition coefficient (Wildman–Crippen LogP) is 6.07. The number of ether oxygens (including phenoxy) is 1. The molecule has 4 aliphatic rings. The molecule has 7 rings (SSSR count). The lowest BCUT2D eigenvalue weighted by Gasteiger charge is -2.45. The lowest BCUT2D eigenvalue weighted by Crippen LogP contribution is -2.59. The smallest absolute Gasteiger partial charge is 0.318 e. The first-order valence-electron chi connectivity index (χ1n) is 18.7. The minimum Gasteiger partial charge on any atom is -0.496 e. The molecule has 0 bridgehead atoms. The zero-order valence-electron chi connectivity index (χ0n) is 30.9. The first-order valence-corrected chi connectivity index (χ1v) is 19.5. The molecule has 55 heavy (non-hydrogen) atoms. The highest BCUT2D eigenvalue weighted by Crippen LogP contribution is 2.42. The Balaban J connectivity index is 1.06. The monoisotopic (exact) mass is 788 g/mol. The van der Waals surface area contributed by atoms with Gasteiger partial charge in [0, 0.05) is 57.8 Å². The number of nitrogens with zero attached hydrogens (tertiary/aromatic N) is 7. The summed E-state index contributed by atoms with van der Waals surface area (Å²) >= 11 is 13.0. The number of rotatable bonds is 11. The third-order valence-electron chi connectivity index (χ3n) is 11.7. The minimum atomic E-state index is -0.861. The second-order valence-corrected chi connectivity index (χ2v) is 15.7. The predicted molar refractivity (Wildman–Crippen MR) is 210 cm³/mol. The van der Waals surface area contributed by atoms with Crippen LogP contribution in [-0.2, 0) is 15.7 Å². The summed E-state index contributed by atoms with van der Waals surface area (Å²) in [5, 5.41) is 25.3. The zero-order valence-corrected chi connectivity index (χ0v) is 32.4. The summed E-state index contributed by atoms with van der Waals surface area (Å²) < 4.78 is 5.64. The van der Waals surface area contributed by atoms with Gasteiger partial charge in [-0.15, -0.1) is 5.10 Å². The number of halogens is 2. The Kier molecular flexibility index (Phi) is 11.7. The number of urea groups is 1. The highest BCUT2D eigenvalue weighted by Gasteiger charge is 2.44. The van der Waals surface area contributed by atoms with Gasteiger partial charge in [-0.05, 0) is 78.4 Å². The van der Waals surface area contributed by atoms with E-state index in [1.54, 1.807) is 24.3 Å². The molecule has 13 nitrogen and oxygen atoms in total. The van der Waals surface area contributed by atoms with Gasteiger partial charge in [-0.1, -0.05) is 65.7 Å². The van der Waals surface area contributed by atoms with Gasteiger partial charge in [0.25, 0.3) is 5.91 Å². The van der Waals surface area contributed by atoms with Gasteiger partial charge < -0.3 is 29.9 Å². The SMILES string of the molecule is COc1ccc([C@@H]2C=NN=N2)cc1C(=O)N1CCC(CCN2CCC(NC(=O)N3CCN(CC(=O)O)CC3)(c3ccccc3)CC2)(c2ccc(Cl)c(Cl)c2)C1. The Hall–Kier alpha value is -4.56. The van der Waals surface area contributed by atoms with Crippen LogP contribution in [0, 0.1) is 0 Å². The first-order chi connectivity index (χ1) is 26.6. The summed E-state index contributed by atoms with van der Waals surface area (Å²) in [6, 6.07) is 21.0. The lowest BCUT2D eigenvalue weighted by molar-refractivity contribution is -0.138. The van der Waals surface area contributed by atoms with Gasteiger partial charge in [-0.3, -0.25) is 14.5 Å². The summed E-state index contributed by atoms with van der Waals surface area (Å²) in [5.41, 5.74) is 2.50. The fraction of sp³-hybridized carbons (Fsp3) is 0.450. The van der Waals surface area contributed by atoms with E-state index in [4.69, 9.17) is 27.9 Å². The molecule has 3 amide bonds. The van der Waals surface area contributed by atoms with E-state index in [0.29, 0.717) is 60.6 Å². The maximum Gasteiger partial charge on any atom is 0.318 e. The molecule has 4 aliphatic heterocycles. The Bertz CT molecular complexity index is 1940. The Labute approximate surface area is 330 Å². The van der Waals surface area contributed by atoms with Crippen LogP contribution in [-0.4, -0.2) is 121 Å². The van der Waals surface area contributed by atoms with Crippen molar-refractivity contribution in [2.75, 3.05) is 72.6 Å². The van der Waals surface area contributed by atoms with E-state index >= 15 is 0 Å². The number of hydrogen-bond acceptors (Lipinski definition) is 9. The number of hydrogen-bond donors (Lipinski definition) is 2. The average molecular weight is 790 g/mol. The normalized spacial score (nSPS) is 22.6. The molecule has 2 N–H and O–H groups in total. The minimum absolute atomic E-state index is 0.0208. The van der Waals surface area contributed by atoms with Crippen LogP contribution in [0.2, 0.25) is 10.0 Å². The van der Waals surface area contributed by atoms with Crippen molar-refractivity contribution in [2.24, 2.45) is 15.4 Å². The van der Waals surface area contributed by atoms with Crippen molar-refractivity contribution >= 4 is 47.3 Å². The number of aliphatic carboxylic acids is 1. The summed E-state index contributed by atoms with van der Waals surface area (Å²) in [7, 11) is 1.56. The van der Waals surface area contributed by atoms with Gasteiger partial charge in [0.2, 0.25) is 0 Å². The van der Waals surface area contributed by atoms with Crippen molar-refractivity contribution < 1.29 is 24.2 Å². The number of likely N-dealkylation sites (tertiary alicyclic amines) is 2. The number of carbonyl (C=O) groups excluding carboxylic acids is 2. The Morgan fingerprint density at radius 2 is 1.62 bits per heavy atom. The number of carboxylic acids is 1. The molecule has 3 aromatic carbocycles. The van der Waals surface area contributed by atoms with Crippen LogP contribution >= 0.6 is 23.2 Å². The van der Waals surface area contributed by atoms with Gasteiger partial charge in [-0.25, -0.2) is 4.79 Å². The van der Waals surface area contributed by atoms with Crippen LogP contribution < -0.4 is 10.1 Å². The highest BCUT2D eigenvalue weighted by atomic mass is 35.5. The number of piperazine rings is 1. The van der Waals surface area contributed by atoms with Crippen LogP contribution in [0.4, 0.5) is 4.79 Å². The standard InChI is InChI=1S/C40H46Cl2N8O5/c1-55-35-10-7-28(34-25-43-46-45-34)23-31(35)37(53)50-18-12-39(27-50,30-8-9-32(41)33(42)24-30)11-15-47-16-13-40(14-17-47,29-5-3-2-4-6-29)44-38(54)49-21-19-48(20-22-49)26-36(51)52/h2-10,23-25,34H,11-22,26-27H2,1H3,(H,44,54)(H,51,52)/t34-,39?/m0/s1. The zero-order chi connectivity index (χ0) is 38.6. The molecule has 3 fully saturated rings. The molecule has 0 saturated carbocycles. The molecule has 1 unspecified atom stereocenters. The highest BCUT2D eigenvalue weighted by molar-refractivity contribution is 6.42. The van der Waals surface area contributed by atoms with Crippen LogP contribution in [0.5, 0.6) is 5.75 Å². The molecule has 0 aliphatic carbocycles. The number of nitrogens with one attached hydrogen (secondary N) is 1. The summed E-state index contributed by atoms with van der Waals surface area (Å²) in [6.45, 7) is 5.38. The molecule has 15 heteroatoms. The molecule has 0 aromatic heterocycles. The van der Waals surface area contributed by atoms with Crippen molar-refractivity contribution in [3.05, 3.63) is 99.0 Å². The van der Waals surface area contributed by atoms with Gasteiger partial charge in [0.1, 0.15) is 11.8 Å². The van der Waals surface area contributed by atoms with Gasteiger partial charge >= 0.3 is 12.0 Å². The largest absolute Gasteiger partial charge is 0.496 e. The third-order valence-corrected chi connectivity index (χ3v) is 12.5. The van der Waals surface area contributed by atoms with E-state index in [2.05, 4.69) is 37.8 Å². The quantitative estimate of drug-likeness (QED) is 0.240. The summed E-state index contributed by atoms with van der Waals surface area (Å²) in [4.78, 5) is 47.2. The van der Waals surface area contributed by atoms with Crippen LogP contribution in [0.25, 0.3) is 0 Å². The number of carbonyl (C=O) groups is 3. The van der Waals surface area contributed by atoms with Crippen LogP contribution in [0.1, 0.15) is 58.8 Å². The second kappa shape index (κ2) is 16.7. The molecule has 290 valence electrons. The van der Waals surface area contributed by atoms with E-state index in [9.17, 15) is 19.5 Å². The molecule has 4 heterocycles. The number of piperidine rings is 1. The molecular formula is C40H46Cl2N8O5. The second-order valence-electron chi connectivity index (χ2n) is 14.9. The number of carboxylic acid groups (broad SMARTS) is 1. The first kappa shape index (κ1) is 38.7.